The number of nitrogens with one attached hydrogen (secondary N) is 1. The fourth-order valence-corrected chi connectivity index (χ4v) is 3.09. The number of amides is 1. The smallest absolute Gasteiger partial charge is 0.261 e. The topological polar surface area (TPSA) is 41.6 Å². The molecule has 0 unspecified atom stereocenters. The summed E-state index contributed by atoms with van der Waals surface area (Å²) in [6.45, 7) is 12.3. The van der Waals surface area contributed by atoms with Crippen LogP contribution in [0.4, 0.5) is 5.69 Å². The lowest BCUT2D eigenvalue weighted by molar-refractivity contribution is -0.127. The highest BCUT2D eigenvalue weighted by molar-refractivity contribution is 6.32. The summed E-state index contributed by atoms with van der Waals surface area (Å²) in [6.07, 6.45) is -0.583. The number of carbonyl (C=O) groups is 1. The minimum Gasteiger partial charge on any atom is -0.481 e. The summed E-state index contributed by atoms with van der Waals surface area (Å²) >= 11 is 6.18. The molecule has 0 saturated carbocycles. The van der Waals surface area contributed by atoms with Crippen molar-refractivity contribution in [3.8, 4) is 5.75 Å². The molecule has 0 aromatic heterocycles. The maximum Gasteiger partial charge on any atom is 0.261 e. The predicted octanol–water partition coefficient (Wildman–Crippen LogP) is 4.89. The Morgan fingerprint density at radius 3 is 2.19 bits per heavy atom. The van der Waals surface area contributed by atoms with Crippen molar-refractivity contribution >= 4 is 23.2 Å². The Morgan fingerprint density at radius 2 is 1.67 bits per heavy atom. The van der Waals surface area contributed by atoms with Crippen LogP contribution in [0, 0.1) is 13.8 Å². The molecule has 1 amide bonds. The van der Waals surface area contributed by atoms with Crippen molar-refractivity contribution in [3.63, 3.8) is 0 Å². The lowest BCUT2D eigenvalue weighted by Crippen LogP contribution is -2.35. The van der Waals surface area contributed by atoms with Crippen molar-refractivity contribution in [2.45, 2.75) is 47.3 Å². The maximum absolute atomic E-state index is 12.4. The van der Waals surface area contributed by atoms with Crippen molar-refractivity contribution in [1.82, 2.24) is 5.32 Å². The van der Waals surface area contributed by atoms with Crippen molar-refractivity contribution < 1.29 is 9.53 Å². The molecule has 0 aliphatic heterocycles. The monoisotopic (exact) mass is 388 g/mol. The van der Waals surface area contributed by atoms with Gasteiger partial charge in [0, 0.05) is 30.3 Å². The lowest BCUT2D eigenvalue weighted by atomic mass is 10.1. The normalized spacial score (nSPS) is 11.8. The molecule has 2 aromatic rings. The summed E-state index contributed by atoms with van der Waals surface area (Å²) in [6, 6.07) is 12.0. The minimum atomic E-state index is -0.583. The number of benzene rings is 2. The van der Waals surface area contributed by atoms with E-state index in [0.29, 0.717) is 12.3 Å². The van der Waals surface area contributed by atoms with E-state index in [1.54, 1.807) is 6.92 Å². The second-order valence-corrected chi connectivity index (χ2v) is 7.07. The number of ether oxygens (including phenoxy) is 1. The zero-order valence-corrected chi connectivity index (χ0v) is 17.6. The fourth-order valence-electron chi connectivity index (χ4n) is 2.98. The molecule has 2 rings (SSSR count). The first-order valence-electron chi connectivity index (χ1n) is 9.40. The highest BCUT2D eigenvalue weighted by Crippen LogP contribution is 2.26. The van der Waals surface area contributed by atoms with Crippen LogP contribution < -0.4 is 15.0 Å². The quantitative estimate of drug-likeness (QED) is 0.700. The summed E-state index contributed by atoms with van der Waals surface area (Å²) in [4.78, 5) is 14.6. The molecule has 0 saturated heterocycles. The van der Waals surface area contributed by atoms with E-state index >= 15 is 0 Å². The van der Waals surface area contributed by atoms with Gasteiger partial charge in [-0.25, -0.2) is 0 Å². The maximum atomic E-state index is 12.4. The van der Waals surface area contributed by atoms with Gasteiger partial charge in [0.05, 0.1) is 0 Å². The third-order valence-electron chi connectivity index (χ3n) is 4.62. The van der Waals surface area contributed by atoms with Gasteiger partial charge in [-0.05, 0) is 75.6 Å². The standard InChI is InChI=1S/C22H29ClN2O2/c1-6-25(7-2)19-10-8-18(9-11-19)14-24-22(26)17(5)27-20-12-15(3)21(23)16(4)13-20/h8-13,17H,6-7,14H2,1-5H3,(H,24,26)/t17-/m0/s1. The number of halogens is 1. The van der Waals surface area contributed by atoms with Gasteiger partial charge in [0.25, 0.3) is 5.91 Å². The Kier molecular flexibility index (Phi) is 7.55. The van der Waals surface area contributed by atoms with E-state index < -0.39 is 6.10 Å². The third kappa shape index (κ3) is 5.64. The molecule has 4 nitrogen and oxygen atoms in total. The van der Waals surface area contributed by atoms with E-state index in [1.165, 1.54) is 5.69 Å². The van der Waals surface area contributed by atoms with Crippen LogP contribution in [-0.2, 0) is 11.3 Å². The van der Waals surface area contributed by atoms with Gasteiger partial charge < -0.3 is 15.0 Å². The zero-order chi connectivity index (χ0) is 20.0. The van der Waals surface area contributed by atoms with Gasteiger partial charge >= 0.3 is 0 Å². The van der Waals surface area contributed by atoms with Gasteiger partial charge in [-0.15, -0.1) is 0 Å². The van der Waals surface area contributed by atoms with Crippen LogP contribution in [0.2, 0.25) is 5.02 Å². The van der Waals surface area contributed by atoms with Gasteiger partial charge in [-0.2, -0.15) is 0 Å². The van der Waals surface area contributed by atoms with E-state index in [9.17, 15) is 4.79 Å². The van der Waals surface area contributed by atoms with Gasteiger partial charge in [-0.3, -0.25) is 4.79 Å². The van der Waals surface area contributed by atoms with Crippen LogP contribution in [0.1, 0.15) is 37.5 Å². The van der Waals surface area contributed by atoms with Crippen LogP contribution >= 0.6 is 11.6 Å². The molecule has 2 aromatic carbocycles. The first kappa shape index (κ1) is 21.1. The van der Waals surface area contributed by atoms with Crippen molar-refractivity contribution in [3.05, 3.63) is 58.1 Å². The molecule has 0 heterocycles. The largest absolute Gasteiger partial charge is 0.481 e. The number of hydrogen-bond acceptors (Lipinski definition) is 3. The Morgan fingerprint density at radius 1 is 1.11 bits per heavy atom. The number of anilines is 1. The summed E-state index contributed by atoms with van der Waals surface area (Å²) in [5.41, 5.74) is 4.13. The van der Waals surface area contributed by atoms with Gasteiger partial charge in [0.15, 0.2) is 6.10 Å². The molecule has 0 aliphatic carbocycles. The molecule has 0 aliphatic rings. The van der Waals surface area contributed by atoms with Gasteiger partial charge in [0.1, 0.15) is 5.75 Å². The molecule has 0 fully saturated rings. The van der Waals surface area contributed by atoms with Crippen LogP contribution in [0.3, 0.4) is 0 Å². The van der Waals surface area contributed by atoms with Crippen molar-refractivity contribution in [2.75, 3.05) is 18.0 Å². The van der Waals surface area contributed by atoms with E-state index in [-0.39, 0.29) is 5.91 Å². The average Bonchev–Trinajstić information content (AvgIpc) is 2.66. The second kappa shape index (κ2) is 9.65. The molecule has 1 atom stereocenters. The molecule has 146 valence electrons. The molecule has 0 spiro atoms. The van der Waals surface area contributed by atoms with Gasteiger partial charge in [-0.1, -0.05) is 23.7 Å². The van der Waals surface area contributed by atoms with Crippen LogP contribution in [0.15, 0.2) is 36.4 Å². The number of aryl methyl sites for hydroxylation is 2. The Balaban J connectivity index is 1.91. The molecule has 27 heavy (non-hydrogen) atoms. The van der Waals surface area contributed by atoms with Crippen molar-refractivity contribution in [2.24, 2.45) is 0 Å². The summed E-state index contributed by atoms with van der Waals surface area (Å²) in [5.74, 6) is 0.508. The summed E-state index contributed by atoms with van der Waals surface area (Å²) in [7, 11) is 0. The second-order valence-electron chi connectivity index (χ2n) is 6.69. The average molecular weight is 389 g/mol. The van der Waals surface area contributed by atoms with E-state index in [4.69, 9.17) is 16.3 Å². The number of hydrogen-bond donors (Lipinski definition) is 1. The molecular weight excluding hydrogens is 360 g/mol. The molecule has 0 bridgehead atoms. The van der Waals surface area contributed by atoms with Crippen LogP contribution in [-0.4, -0.2) is 25.1 Å². The van der Waals surface area contributed by atoms with E-state index in [1.807, 2.05) is 38.1 Å². The molecule has 5 heteroatoms. The highest BCUT2D eigenvalue weighted by atomic mass is 35.5. The molecule has 1 N–H and O–H groups in total. The van der Waals surface area contributed by atoms with Crippen molar-refractivity contribution in [1.29, 1.82) is 0 Å². The third-order valence-corrected chi connectivity index (χ3v) is 5.22. The zero-order valence-electron chi connectivity index (χ0n) is 16.8. The lowest BCUT2D eigenvalue weighted by Gasteiger charge is -2.21. The Hall–Kier alpha value is -2.20. The van der Waals surface area contributed by atoms with Crippen LogP contribution in [0.5, 0.6) is 5.75 Å². The van der Waals surface area contributed by atoms with E-state index in [0.717, 1.165) is 34.8 Å². The fraction of sp³-hybridized carbons (Fsp3) is 0.409. The summed E-state index contributed by atoms with van der Waals surface area (Å²) < 4.78 is 5.78. The number of carbonyl (C=O) groups excluding carboxylic acids is 1. The Bertz CT molecular complexity index is 747. The van der Waals surface area contributed by atoms with Gasteiger partial charge in [0.2, 0.25) is 0 Å². The van der Waals surface area contributed by atoms with Crippen LogP contribution in [0.25, 0.3) is 0 Å². The van der Waals surface area contributed by atoms with E-state index in [2.05, 4.69) is 36.2 Å². The predicted molar refractivity (Wildman–Crippen MR) is 113 cm³/mol. The Labute approximate surface area is 167 Å². The summed E-state index contributed by atoms with van der Waals surface area (Å²) in [5, 5.41) is 3.66. The molecule has 0 radical (unpaired) electrons. The highest BCUT2D eigenvalue weighted by Gasteiger charge is 2.15. The first-order chi connectivity index (χ1) is 12.8. The molecular formula is C22H29ClN2O2. The number of nitrogens with zero attached hydrogens (tertiary/aromatic N) is 1. The minimum absolute atomic E-state index is 0.145. The SMILES string of the molecule is CCN(CC)c1ccc(CNC(=O)[C@H](C)Oc2cc(C)c(Cl)c(C)c2)cc1. The number of rotatable bonds is 8. The first-order valence-corrected chi connectivity index (χ1v) is 9.78.